The van der Waals surface area contributed by atoms with Crippen LogP contribution in [0.15, 0.2) is 30.3 Å². The summed E-state index contributed by atoms with van der Waals surface area (Å²) >= 11 is 0. The summed E-state index contributed by atoms with van der Waals surface area (Å²) < 4.78 is 0. The first kappa shape index (κ1) is 10.5. The second-order valence-electron chi connectivity index (χ2n) is 2.42. The van der Waals surface area contributed by atoms with Gasteiger partial charge in [-0.3, -0.25) is 9.68 Å². The summed E-state index contributed by atoms with van der Waals surface area (Å²) in [5.41, 5.74) is 2.79. The molecule has 1 rings (SSSR count). The lowest BCUT2D eigenvalue weighted by molar-refractivity contribution is 0.0874. The molecule has 1 aromatic rings. The molecule has 1 aromatic carbocycles. The van der Waals surface area contributed by atoms with Crippen molar-refractivity contribution in [2.24, 2.45) is 0 Å². The highest BCUT2D eigenvalue weighted by Crippen LogP contribution is 2.12. The van der Waals surface area contributed by atoms with Crippen LogP contribution in [-0.2, 0) is 9.68 Å². The number of urea groups is 1. The summed E-state index contributed by atoms with van der Waals surface area (Å²) in [5, 5.41) is 1.09. The maximum absolute atomic E-state index is 11.3. The van der Waals surface area contributed by atoms with Gasteiger partial charge in [0.1, 0.15) is 0 Å². The molecule has 0 atom stereocenters. The van der Waals surface area contributed by atoms with E-state index in [9.17, 15) is 4.79 Å². The van der Waals surface area contributed by atoms with Gasteiger partial charge in [-0.1, -0.05) is 18.2 Å². The van der Waals surface area contributed by atoms with Crippen LogP contribution in [0.5, 0.6) is 0 Å². The maximum Gasteiger partial charge on any atom is 0.370 e. The van der Waals surface area contributed by atoms with Gasteiger partial charge < -0.3 is 0 Å². The van der Waals surface area contributed by atoms with Crippen molar-refractivity contribution in [2.45, 2.75) is 0 Å². The van der Waals surface area contributed by atoms with Crippen LogP contribution in [0.25, 0.3) is 0 Å². The van der Waals surface area contributed by atoms with Gasteiger partial charge in [0, 0.05) is 0 Å². The minimum absolute atomic E-state index is 0.485. The van der Waals surface area contributed by atoms with E-state index >= 15 is 0 Å². The molecule has 0 saturated carbocycles. The Morgan fingerprint density at radius 2 is 1.93 bits per heavy atom. The molecular weight excluding hydrogens is 184 g/mol. The Morgan fingerprint density at radius 1 is 1.29 bits per heavy atom. The predicted molar refractivity (Wildman–Crippen MR) is 51.5 cm³/mol. The van der Waals surface area contributed by atoms with Gasteiger partial charge in [-0.2, -0.15) is 5.06 Å². The molecule has 0 unspecified atom stereocenters. The number of nitrogens with one attached hydrogen (secondary N) is 1. The number of benzene rings is 1. The van der Waals surface area contributed by atoms with Crippen LogP contribution in [-0.4, -0.2) is 20.3 Å². The number of para-hydroxylation sites is 1. The molecule has 0 radical (unpaired) electrons. The number of carbonyl (C=O) groups is 1. The van der Waals surface area contributed by atoms with E-state index in [1.165, 1.54) is 14.2 Å². The van der Waals surface area contributed by atoms with Crippen LogP contribution in [0.4, 0.5) is 10.5 Å². The first-order valence-electron chi connectivity index (χ1n) is 4.02. The highest BCUT2D eigenvalue weighted by atomic mass is 16.7. The fraction of sp³-hybridized carbons (Fsp3) is 0.222. The third kappa shape index (κ3) is 2.45. The monoisotopic (exact) mass is 196 g/mol. The molecule has 0 aromatic heterocycles. The minimum Gasteiger partial charge on any atom is -0.275 e. The van der Waals surface area contributed by atoms with E-state index in [4.69, 9.17) is 4.84 Å². The highest BCUT2D eigenvalue weighted by molar-refractivity contribution is 5.88. The van der Waals surface area contributed by atoms with E-state index in [0.29, 0.717) is 5.69 Å². The molecule has 0 fully saturated rings. The van der Waals surface area contributed by atoms with Crippen molar-refractivity contribution in [2.75, 3.05) is 19.3 Å². The van der Waals surface area contributed by atoms with E-state index < -0.39 is 6.03 Å². The smallest absolute Gasteiger partial charge is 0.275 e. The highest BCUT2D eigenvalue weighted by Gasteiger charge is 2.14. The zero-order valence-corrected chi connectivity index (χ0v) is 8.06. The Labute approximate surface area is 82.1 Å². The molecule has 2 amide bonds. The van der Waals surface area contributed by atoms with Gasteiger partial charge >= 0.3 is 6.03 Å². The van der Waals surface area contributed by atoms with Crippen LogP contribution in [0.1, 0.15) is 0 Å². The lowest BCUT2D eigenvalue weighted by Gasteiger charge is -2.18. The van der Waals surface area contributed by atoms with Crippen molar-refractivity contribution in [3.05, 3.63) is 30.3 Å². The normalized spacial score (nSPS) is 9.57. The molecular formula is C9H12N2O3. The fourth-order valence-electron chi connectivity index (χ4n) is 0.998. The van der Waals surface area contributed by atoms with Crippen molar-refractivity contribution in [1.82, 2.24) is 5.48 Å². The average molecular weight is 196 g/mol. The molecule has 5 heteroatoms. The van der Waals surface area contributed by atoms with E-state index in [1.54, 1.807) is 24.3 Å². The minimum atomic E-state index is -0.485. The number of hydrogen-bond donors (Lipinski definition) is 1. The van der Waals surface area contributed by atoms with Crippen LogP contribution < -0.4 is 10.5 Å². The Morgan fingerprint density at radius 3 is 2.43 bits per heavy atom. The fourth-order valence-corrected chi connectivity index (χ4v) is 0.998. The van der Waals surface area contributed by atoms with E-state index in [2.05, 4.69) is 10.3 Å². The van der Waals surface area contributed by atoms with Crippen molar-refractivity contribution in [1.29, 1.82) is 0 Å². The summed E-state index contributed by atoms with van der Waals surface area (Å²) in [6.45, 7) is 0. The van der Waals surface area contributed by atoms with Crippen LogP contribution in [0.3, 0.4) is 0 Å². The molecule has 0 saturated heterocycles. The topological polar surface area (TPSA) is 50.8 Å². The average Bonchev–Trinajstić information content (AvgIpc) is 2.21. The summed E-state index contributed by atoms with van der Waals surface area (Å²) in [6.07, 6.45) is 0. The zero-order valence-electron chi connectivity index (χ0n) is 8.06. The van der Waals surface area contributed by atoms with E-state index in [-0.39, 0.29) is 0 Å². The van der Waals surface area contributed by atoms with Gasteiger partial charge in [0.25, 0.3) is 0 Å². The molecule has 14 heavy (non-hydrogen) atoms. The lowest BCUT2D eigenvalue weighted by atomic mass is 10.3. The lowest BCUT2D eigenvalue weighted by Crippen LogP contribution is -2.38. The molecule has 1 N–H and O–H groups in total. The SMILES string of the molecule is CONC(=O)N(OC)c1ccccc1. The van der Waals surface area contributed by atoms with Crippen molar-refractivity contribution < 1.29 is 14.5 Å². The van der Waals surface area contributed by atoms with Crippen LogP contribution in [0.2, 0.25) is 0 Å². The van der Waals surface area contributed by atoms with Crippen molar-refractivity contribution in [3.63, 3.8) is 0 Å². The third-order valence-corrected chi connectivity index (χ3v) is 1.55. The first-order chi connectivity index (χ1) is 6.79. The van der Waals surface area contributed by atoms with Crippen molar-refractivity contribution >= 4 is 11.7 Å². The number of carbonyl (C=O) groups excluding carboxylic acids is 1. The molecule has 0 bridgehead atoms. The number of amides is 2. The van der Waals surface area contributed by atoms with Gasteiger partial charge in [0.15, 0.2) is 0 Å². The molecule has 5 nitrogen and oxygen atoms in total. The maximum atomic E-state index is 11.3. The van der Waals surface area contributed by atoms with Gasteiger partial charge in [0.2, 0.25) is 0 Å². The summed E-state index contributed by atoms with van der Waals surface area (Å²) in [6, 6.07) is 8.48. The summed E-state index contributed by atoms with van der Waals surface area (Å²) in [4.78, 5) is 20.7. The summed E-state index contributed by atoms with van der Waals surface area (Å²) in [5.74, 6) is 0. The molecule has 76 valence electrons. The second-order valence-corrected chi connectivity index (χ2v) is 2.42. The predicted octanol–water partition coefficient (Wildman–Crippen LogP) is 1.33. The summed E-state index contributed by atoms with van der Waals surface area (Å²) in [7, 11) is 2.76. The van der Waals surface area contributed by atoms with Gasteiger partial charge in [-0.15, -0.1) is 0 Å². The molecule has 0 aliphatic heterocycles. The van der Waals surface area contributed by atoms with Crippen LogP contribution >= 0.6 is 0 Å². The Kier molecular flexibility index (Phi) is 3.90. The van der Waals surface area contributed by atoms with Gasteiger partial charge in [-0.25, -0.2) is 10.3 Å². The number of rotatable bonds is 3. The standard InChI is InChI=1S/C9H12N2O3/c1-13-10-9(12)11(14-2)8-6-4-3-5-7-8/h3-7H,1-2H3,(H,10,12). The molecule has 0 heterocycles. The Balaban J connectivity index is 2.77. The Hall–Kier alpha value is -1.59. The Bertz CT molecular complexity index is 289. The van der Waals surface area contributed by atoms with E-state index in [1.807, 2.05) is 6.07 Å². The third-order valence-electron chi connectivity index (χ3n) is 1.55. The first-order valence-corrected chi connectivity index (χ1v) is 4.02. The molecule has 0 aliphatic carbocycles. The van der Waals surface area contributed by atoms with Gasteiger partial charge in [-0.05, 0) is 12.1 Å². The van der Waals surface area contributed by atoms with Gasteiger partial charge in [0.05, 0.1) is 19.9 Å². The quantitative estimate of drug-likeness (QED) is 0.742. The number of hydroxylamine groups is 2. The zero-order chi connectivity index (χ0) is 10.4. The number of hydrogen-bond acceptors (Lipinski definition) is 3. The number of nitrogens with zero attached hydrogens (tertiary/aromatic N) is 1. The largest absolute Gasteiger partial charge is 0.370 e. The van der Waals surface area contributed by atoms with Crippen LogP contribution in [0, 0.1) is 0 Å². The second kappa shape index (κ2) is 5.21. The molecule has 0 aliphatic rings. The molecule has 0 spiro atoms. The van der Waals surface area contributed by atoms with Crippen molar-refractivity contribution in [3.8, 4) is 0 Å². The number of anilines is 1. The van der Waals surface area contributed by atoms with E-state index in [0.717, 1.165) is 5.06 Å².